The van der Waals surface area contributed by atoms with Gasteiger partial charge in [0.15, 0.2) is 0 Å². The fraction of sp³-hybridized carbons (Fsp3) is 0.0625. The van der Waals surface area contributed by atoms with E-state index in [4.69, 9.17) is 0 Å². The smallest absolute Gasteiger partial charge is 0.0544 e. The van der Waals surface area contributed by atoms with Gasteiger partial charge in [0.2, 0.25) is 0 Å². The van der Waals surface area contributed by atoms with E-state index in [2.05, 4.69) is 229 Å². The van der Waals surface area contributed by atoms with Gasteiger partial charge in [-0.2, -0.15) is 0 Å². The van der Waals surface area contributed by atoms with Gasteiger partial charge in [-0.1, -0.05) is 166 Å². The maximum Gasteiger partial charge on any atom is 0.0544 e. The lowest BCUT2D eigenvalue weighted by Gasteiger charge is -2.24. The van der Waals surface area contributed by atoms with Crippen LogP contribution >= 0.6 is 0 Å². The number of fused-ring (bicyclic) bond motifs is 20. The second-order valence-electron chi connectivity index (χ2n) is 19.1. The van der Waals surface area contributed by atoms with Crippen LogP contribution in [0.5, 0.6) is 0 Å². The molecule has 2 aliphatic rings. The third kappa shape index (κ3) is 4.70. The van der Waals surface area contributed by atoms with Crippen molar-refractivity contribution in [3.63, 3.8) is 0 Å². The lowest BCUT2D eigenvalue weighted by atomic mass is 9.79. The molecular weight excluding hydrogens is 797 g/mol. The summed E-state index contributed by atoms with van der Waals surface area (Å²) >= 11 is 0. The second-order valence-corrected chi connectivity index (χ2v) is 19.1. The Labute approximate surface area is 380 Å². The minimum atomic E-state index is -0.182. The fourth-order valence-electron chi connectivity index (χ4n) is 12.6. The summed E-state index contributed by atoms with van der Waals surface area (Å²) in [6.07, 6.45) is 5.92. The maximum atomic E-state index is 2.54. The summed E-state index contributed by atoms with van der Waals surface area (Å²) in [5.74, 6) is 0. The molecule has 0 aliphatic heterocycles. The largest absolute Gasteiger partial charge is 0.310 e. The molecule has 2 heteroatoms. The minimum Gasteiger partial charge on any atom is -0.310 e. The number of aromatic nitrogens is 2. The van der Waals surface area contributed by atoms with Crippen LogP contribution < -0.4 is 10.6 Å². The molecule has 66 heavy (non-hydrogen) atoms. The van der Waals surface area contributed by atoms with E-state index in [9.17, 15) is 0 Å². The molecule has 0 saturated heterocycles. The predicted octanol–water partition coefficient (Wildman–Crippen LogP) is 15.4. The molecule has 0 fully saturated rings. The highest BCUT2D eigenvalue weighted by Gasteiger charge is 2.38. The van der Waals surface area contributed by atoms with Crippen LogP contribution in [0.1, 0.15) is 31.4 Å². The van der Waals surface area contributed by atoms with Crippen LogP contribution in [0.15, 0.2) is 200 Å². The molecule has 0 unspecified atom stereocenters. The summed E-state index contributed by atoms with van der Waals surface area (Å²) in [4.78, 5) is 0. The van der Waals surface area contributed by atoms with Crippen LogP contribution in [0.4, 0.5) is 0 Å². The van der Waals surface area contributed by atoms with E-state index in [1.165, 1.54) is 142 Å². The zero-order chi connectivity index (χ0) is 43.4. The van der Waals surface area contributed by atoms with E-state index in [0.29, 0.717) is 0 Å². The molecule has 0 bridgehead atoms. The van der Waals surface area contributed by atoms with Crippen molar-refractivity contribution in [1.29, 1.82) is 0 Å². The van der Waals surface area contributed by atoms with Crippen LogP contribution in [-0.4, -0.2) is 9.13 Å². The van der Waals surface area contributed by atoms with Crippen LogP contribution in [-0.2, 0) is 5.41 Å². The zero-order valence-electron chi connectivity index (χ0n) is 36.7. The monoisotopic (exact) mass is 838 g/mol. The summed E-state index contributed by atoms with van der Waals surface area (Å²) in [5, 5.41) is 21.9. The standard InChI is InChI=1S/C64H42N2/c1-64(2)58-31-32-62-56(50-23-11-13-25-60(50)65(62)38-27-29-48-44-19-5-3-15-40(44)42-17-7-9-21-46(42)52(48)33-38)35-54(58)55-36-57-51-24-12-14-26-61(51)66(63(57)37-59(55)64)39-28-30-49-45-20-6-4-16-41(45)43-18-8-10-22-47(43)53(49)34-39/h3-30,32-37H,31H2,1-2H3. The fourth-order valence-corrected chi connectivity index (χ4v) is 12.6. The van der Waals surface area contributed by atoms with Crippen molar-refractivity contribution in [1.82, 2.24) is 9.13 Å². The third-order valence-electron chi connectivity index (χ3n) is 15.6. The number of hydrogen-bond donors (Lipinski definition) is 0. The van der Waals surface area contributed by atoms with E-state index in [0.717, 1.165) is 6.42 Å². The average Bonchev–Trinajstić information content (AvgIpc) is 3.86. The van der Waals surface area contributed by atoms with E-state index in [1.807, 2.05) is 0 Å². The van der Waals surface area contributed by atoms with Gasteiger partial charge in [-0.05, 0) is 148 Å². The Kier molecular flexibility index (Phi) is 7.10. The minimum absolute atomic E-state index is 0.182. The van der Waals surface area contributed by atoms with Crippen molar-refractivity contribution >= 4 is 115 Å². The Morgan fingerprint density at radius 2 is 0.788 bits per heavy atom. The normalized spacial score (nSPS) is 14.5. The Morgan fingerprint density at radius 3 is 1.32 bits per heavy atom. The number of nitrogens with zero attached hydrogens (tertiary/aromatic N) is 2. The summed E-state index contributed by atoms with van der Waals surface area (Å²) in [5.41, 5.74) is 11.5. The van der Waals surface area contributed by atoms with E-state index in [-0.39, 0.29) is 5.41 Å². The van der Waals surface area contributed by atoms with Crippen molar-refractivity contribution in [3.8, 4) is 11.4 Å². The van der Waals surface area contributed by atoms with Gasteiger partial charge in [-0.3, -0.25) is 0 Å². The van der Waals surface area contributed by atoms with Gasteiger partial charge in [0.05, 0.1) is 21.9 Å². The SMILES string of the molecule is CC1(C)C2=C(C=c3c(n(-c4ccc5c6ccccc6c6ccccc6c5c4)c4ccccc34)=CC2)c2cc3c4ccccc4n(-c4ccc5c6ccccc6c6ccccc6c5c4)c3cc21. The molecule has 13 aromatic rings. The summed E-state index contributed by atoms with van der Waals surface area (Å²) < 4.78 is 5.04. The number of allylic oxidation sites excluding steroid dienone is 2. The molecule has 0 N–H and O–H groups in total. The molecule has 11 aromatic carbocycles. The first-order valence-electron chi connectivity index (χ1n) is 23.3. The van der Waals surface area contributed by atoms with Gasteiger partial charge in [0.1, 0.15) is 0 Å². The maximum absolute atomic E-state index is 2.54. The predicted molar refractivity (Wildman–Crippen MR) is 282 cm³/mol. The summed E-state index contributed by atoms with van der Waals surface area (Å²) in [7, 11) is 0. The number of para-hydroxylation sites is 2. The van der Waals surface area contributed by atoms with Gasteiger partial charge in [-0.15, -0.1) is 0 Å². The highest BCUT2D eigenvalue weighted by atomic mass is 15.0. The first-order valence-corrected chi connectivity index (χ1v) is 23.3. The highest BCUT2D eigenvalue weighted by Crippen LogP contribution is 2.51. The van der Waals surface area contributed by atoms with Crippen molar-refractivity contribution in [2.45, 2.75) is 25.7 Å². The zero-order valence-corrected chi connectivity index (χ0v) is 36.7. The first kappa shape index (κ1) is 36.2. The molecular formula is C64H42N2. The Balaban J connectivity index is 0.949. The first-order chi connectivity index (χ1) is 32.5. The molecule has 0 radical (unpaired) electrons. The second kappa shape index (κ2) is 13.0. The van der Waals surface area contributed by atoms with Crippen molar-refractivity contribution < 1.29 is 0 Å². The number of hydrogen-bond acceptors (Lipinski definition) is 0. The Bertz CT molecular complexity index is 4440. The lowest BCUT2D eigenvalue weighted by Crippen LogP contribution is -2.28. The van der Waals surface area contributed by atoms with E-state index in [1.54, 1.807) is 0 Å². The van der Waals surface area contributed by atoms with Crippen LogP contribution in [0.2, 0.25) is 0 Å². The van der Waals surface area contributed by atoms with Crippen molar-refractivity contribution in [2.24, 2.45) is 0 Å². The van der Waals surface area contributed by atoms with Gasteiger partial charge in [0.25, 0.3) is 0 Å². The van der Waals surface area contributed by atoms with Gasteiger partial charge < -0.3 is 9.13 Å². The quantitative estimate of drug-likeness (QED) is 0.154. The summed E-state index contributed by atoms with van der Waals surface area (Å²) in [6.45, 7) is 4.89. The van der Waals surface area contributed by atoms with Crippen molar-refractivity contribution in [2.75, 3.05) is 0 Å². The van der Waals surface area contributed by atoms with Crippen LogP contribution in [0.3, 0.4) is 0 Å². The molecule has 2 aromatic heterocycles. The Morgan fingerprint density at radius 1 is 0.364 bits per heavy atom. The van der Waals surface area contributed by atoms with Gasteiger partial charge >= 0.3 is 0 Å². The third-order valence-corrected chi connectivity index (χ3v) is 15.6. The number of benzene rings is 11. The van der Waals surface area contributed by atoms with E-state index >= 15 is 0 Å². The molecule has 0 saturated carbocycles. The summed E-state index contributed by atoms with van der Waals surface area (Å²) in [6, 6.07) is 72.8. The van der Waals surface area contributed by atoms with Crippen molar-refractivity contribution in [3.05, 3.63) is 221 Å². The molecule has 2 heterocycles. The molecule has 308 valence electrons. The van der Waals surface area contributed by atoms with E-state index < -0.39 is 0 Å². The van der Waals surface area contributed by atoms with Crippen LogP contribution in [0.25, 0.3) is 126 Å². The molecule has 0 amide bonds. The Hall–Kier alpha value is -8.20. The molecule has 2 aliphatic carbocycles. The molecule has 0 spiro atoms. The molecule has 15 rings (SSSR count). The highest BCUT2D eigenvalue weighted by molar-refractivity contribution is 6.27. The van der Waals surface area contributed by atoms with Crippen LogP contribution in [0, 0.1) is 0 Å². The van der Waals surface area contributed by atoms with Gasteiger partial charge in [-0.25, -0.2) is 0 Å². The average molecular weight is 839 g/mol. The molecule has 2 nitrogen and oxygen atoms in total. The van der Waals surface area contributed by atoms with Gasteiger partial charge in [0, 0.05) is 38.2 Å². The molecule has 0 atom stereocenters. The number of rotatable bonds is 2. The topological polar surface area (TPSA) is 9.86 Å². The lowest BCUT2D eigenvalue weighted by molar-refractivity contribution is 0.630.